The van der Waals surface area contributed by atoms with Gasteiger partial charge in [-0.3, -0.25) is 14.4 Å². The Labute approximate surface area is 462 Å². The minimum Gasteiger partial charge on any atom is -0.462 e. The van der Waals surface area contributed by atoms with Gasteiger partial charge in [0.1, 0.15) is 13.2 Å². The Kier molecular flexibility index (Phi) is 62.1. The smallest absolute Gasteiger partial charge is 0.306 e. The van der Waals surface area contributed by atoms with Gasteiger partial charge in [-0.2, -0.15) is 0 Å². The van der Waals surface area contributed by atoms with Crippen LogP contribution in [0.25, 0.3) is 0 Å². The zero-order valence-corrected chi connectivity index (χ0v) is 50.4. The molecule has 6 heteroatoms. The summed E-state index contributed by atoms with van der Waals surface area (Å²) in [5.41, 5.74) is 0. The molecule has 0 heterocycles. The molecule has 1 atom stereocenters. The zero-order chi connectivity index (χ0) is 53.6. The fraction of sp³-hybridized carbons (Fsp3) is 0.926. The number of hydrogen-bond acceptors (Lipinski definition) is 6. The van der Waals surface area contributed by atoms with Gasteiger partial charge < -0.3 is 14.2 Å². The van der Waals surface area contributed by atoms with Crippen molar-refractivity contribution in [3.05, 3.63) is 12.2 Å². The van der Waals surface area contributed by atoms with Gasteiger partial charge in [0.25, 0.3) is 0 Å². The molecular weight excluding hydrogens is 913 g/mol. The molecule has 0 saturated carbocycles. The van der Waals surface area contributed by atoms with Crippen molar-refractivity contribution in [2.45, 2.75) is 393 Å². The molecule has 0 rings (SSSR count). The maximum atomic E-state index is 12.8. The lowest BCUT2D eigenvalue weighted by molar-refractivity contribution is -0.167. The van der Waals surface area contributed by atoms with Gasteiger partial charge in [-0.25, -0.2) is 0 Å². The normalized spacial score (nSPS) is 12.0. The van der Waals surface area contributed by atoms with E-state index >= 15 is 0 Å². The number of carbonyl (C=O) groups excluding carboxylic acids is 3. The second-order valence-corrected chi connectivity index (χ2v) is 23.1. The Balaban J connectivity index is 3.97. The summed E-state index contributed by atoms with van der Waals surface area (Å²) in [5, 5.41) is 0. The van der Waals surface area contributed by atoms with Gasteiger partial charge in [0, 0.05) is 19.3 Å². The van der Waals surface area contributed by atoms with Crippen LogP contribution in [0, 0.1) is 0 Å². The van der Waals surface area contributed by atoms with Gasteiger partial charge in [0.15, 0.2) is 6.10 Å². The predicted octanol–water partition coefficient (Wildman–Crippen LogP) is 22.8. The Morgan fingerprint density at radius 1 is 0.257 bits per heavy atom. The average molecular weight is 1040 g/mol. The molecule has 0 aliphatic heterocycles. The Bertz CT molecular complexity index is 1150. The first-order chi connectivity index (χ1) is 36.5. The molecule has 438 valence electrons. The third kappa shape index (κ3) is 61.0. The summed E-state index contributed by atoms with van der Waals surface area (Å²) in [6.45, 7) is 6.65. The minimum atomic E-state index is -0.765. The van der Waals surface area contributed by atoms with E-state index in [1.807, 2.05) is 0 Å². The molecule has 0 bridgehead atoms. The number of rotatable bonds is 63. The molecule has 0 N–H and O–H groups in total. The molecule has 1 unspecified atom stereocenters. The van der Waals surface area contributed by atoms with Crippen LogP contribution in [0.1, 0.15) is 387 Å². The first-order valence-electron chi connectivity index (χ1n) is 33.7. The molecule has 0 radical (unpaired) electrons. The highest BCUT2D eigenvalue weighted by atomic mass is 16.6. The summed E-state index contributed by atoms with van der Waals surface area (Å²) in [6.07, 6.45) is 75.7. The van der Waals surface area contributed by atoms with Crippen LogP contribution >= 0.6 is 0 Å². The van der Waals surface area contributed by atoms with Crippen molar-refractivity contribution >= 4 is 17.9 Å². The largest absolute Gasteiger partial charge is 0.462 e. The monoisotopic (exact) mass is 1040 g/mol. The fourth-order valence-corrected chi connectivity index (χ4v) is 10.4. The molecule has 0 aliphatic carbocycles. The van der Waals surface area contributed by atoms with E-state index in [4.69, 9.17) is 14.2 Å². The third-order valence-corrected chi connectivity index (χ3v) is 15.5. The summed E-state index contributed by atoms with van der Waals surface area (Å²) < 4.78 is 16.8. The van der Waals surface area contributed by atoms with Gasteiger partial charge >= 0.3 is 17.9 Å². The molecule has 6 nitrogen and oxygen atoms in total. The van der Waals surface area contributed by atoms with E-state index in [1.54, 1.807) is 0 Å². The van der Waals surface area contributed by atoms with Gasteiger partial charge in [-0.1, -0.05) is 335 Å². The molecular formula is C68H130O6. The lowest BCUT2D eigenvalue weighted by atomic mass is 10.0. The number of esters is 3. The summed E-state index contributed by atoms with van der Waals surface area (Å²) in [7, 11) is 0. The van der Waals surface area contributed by atoms with Crippen LogP contribution in [0.3, 0.4) is 0 Å². The minimum absolute atomic E-state index is 0.0654. The maximum Gasteiger partial charge on any atom is 0.306 e. The Hall–Kier alpha value is -1.85. The van der Waals surface area contributed by atoms with Crippen LogP contribution in [0.5, 0.6) is 0 Å². The van der Waals surface area contributed by atoms with E-state index in [9.17, 15) is 14.4 Å². The summed E-state index contributed by atoms with van der Waals surface area (Å²) in [4.78, 5) is 38.0. The average Bonchev–Trinajstić information content (AvgIpc) is 3.40. The second-order valence-electron chi connectivity index (χ2n) is 23.1. The number of unbranched alkanes of at least 4 members (excludes halogenated alkanes) is 50. The van der Waals surface area contributed by atoms with Crippen molar-refractivity contribution in [3.8, 4) is 0 Å². The van der Waals surface area contributed by atoms with Crippen molar-refractivity contribution in [1.82, 2.24) is 0 Å². The van der Waals surface area contributed by atoms with Crippen molar-refractivity contribution < 1.29 is 28.6 Å². The second kappa shape index (κ2) is 63.7. The molecule has 0 aromatic heterocycles. The standard InChI is InChI=1S/C68H130O6/c1-4-7-10-13-16-18-20-22-24-26-28-30-31-32-33-34-35-36-37-39-40-42-44-46-48-50-52-55-58-61-67(70)73-64-65(63-72-66(69)60-57-54-15-12-9-6-3)74-68(71)62-59-56-53-51-49-47-45-43-41-38-29-27-25-23-21-19-17-14-11-8-5-2/h27,29,65H,4-26,28,30-64H2,1-3H3/b29-27-. The molecule has 74 heavy (non-hydrogen) atoms. The molecule has 0 fully saturated rings. The quantitative estimate of drug-likeness (QED) is 0.0261. The van der Waals surface area contributed by atoms with Crippen LogP contribution < -0.4 is 0 Å². The first-order valence-corrected chi connectivity index (χ1v) is 33.7. The summed E-state index contributed by atoms with van der Waals surface area (Å²) >= 11 is 0. The van der Waals surface area contributed by atoms with Crippen LogP contribution in [0.15, 0.2) is 12.2 Å². The van der Waals surface area contributed by atoms with Gasteiger partial charge in [0.2, 0.25) is 0 Å². The molecule has 0 aromatic rings. The Morgan fingerprint density at radius 2 is 0.446 bits per heavy atom. The molecule has 0 spiro atoms. The third-order valence-electron chi connectivity index (χ3n) is 15.5. The van der Waals surface area contributed by atoms with Gasteiger partial charge in [-0.15, -0.1) is 0 Å². The predicted molar refractivity (Wildman–Crippen MR) is 321 cm³/mol. The van der Waals surface area contributed by atoms with Crippen LogP contribution in [-0.2, 0) is 28.6 Å². The molecule has 0 amide bonds. The van der Waals surface area contributed by atoms with E-state index in [-0.39, 0.29) is 31.1 Å². The van der Waals surface area contributed by atoms with Gasteiger partial charge in [-0.05, 0) is 44.9 Å². The van der Waals surface area contributed by atoms with E-state index in [0.717, 1.165) is 57.8 Å². The number of allylic oxidation sites excluding steroid dienone is 2. The lowest BCUT2D eigenvalue weighted by Gasteiger charge is -2.18. The highest BCUT2D eigenvalue weighted by Gasteiger charge is 2.19. The lowest BCUT2D eigenvalue weighted by Crippen LogP contribution is -2.30. The number of hydrogen-bond donors (Lipinski definition) is 0. The van der Waals surface area contributed by atoms with Crippen molar-refractivity contribution in [3.63, 3.8) is 0 Å². The van der Waals surface area contributed by atoms with Crippen molar-refractivity contribution in [1.29, 1.82) is 0 Å². The fourth-order valence-electron chi connectivity index (χ4n) is 10.4. The topological polar surface area (TPSA) is 78.9 Å². The molecule has 0 aliphatic rings. The van der Waals surface area contributed by atoms with E-state index in [1.165, 1.54) is 289 Å². The molecule has 0 aromatic carbocycles. The van der Waals surface area contributed by atoms with Crippen molar-refractivity contribution in [2.75, 3.05) is 13.2 Å². The highest BCUT2D eigenvalue weighted by molar-refractivity contribution is 5.71. The number of ether oxygens (including phenoxy) is 3. The first kappa shape index (κ1) is 72.2. The van der Waals surface area contributed by atoms with E-state index < -0.39 is 6.10 Å². The highest BCUT2D eigenvalue weighted by Crippen LogP contribution is 2.19. The van der Waals surface area contributed by atoms with Gasteiger partial charge in [0.05, 0.1) is 0 Å². The Morgan fingerprint density at radius 3 is 0.676 bits per heavy atom. The van der Waals surface area contributed by atoms with E-state index in [2.05, 4.69) is 32.9 Å². The van der Waals surface area contributed by atoms with Crippen molar-refractivity contribution in [2.24, 2.45) is 0 Å². The van der Waals surface area contributed by atoms with Crippen LogP contribution in [0.4, 0.5) is 0 Å². The maximum absolute atomic E-state index is 12.8. The molecule has 0 saturated heterocycles. The number of carbonyl (C=O) groups is 3. The summed E-state index contributed by atoms with van der Waals surface area (Å²) in [6, 6.07) is 0. The summed E-state index contributed by atoms with van der Waals surface area (Å²) in [5.74, 6) is -0.850. The van der Waals surface area contributed by atoms with Crippen LogP contribution in [0.2, 0.25) is 0 Å². The van der Waals surface area contributed by atoms with E-state index in [0.29, 0.717) is 19.3 Å². The SMILES string of the molecule is CCCCCCCCCC/C=C\CCCCCCCCCCCC(=O)OC(COC(=O)CCCCCCCC)COC(=O)CCCCCCCCCCCCCCCCCCCCCCCCCCCCCCC. The van der Waals surface area contributed by atoms with Crippen LogP contribution in [-0.4, -0.2) is 37.2 Å². The zero-order valence-electron chi connectivity index (χ0n) is 50.4.